The van der Waals surface area contributed by atoms with Crippen molar-refractivity contribution in [1.29, 1.82) is 0 Å². The SMILES string of the molecule is CCCCCCCCCCCCCCCCCCCCCC(O)C(CO)NC(=O)CCCCCCCCC/C=C\C/C=C\CCCCCCCCCCCOC(=O)CCCCCCCCCCCCCCC. The second-order valence-corrected chi connectivity index (χ2v) is 22.5. The third kappa shape index (κ3) is 57.6. The van der Waals surface area contributed by atoms with Crippen LogP contribution < -0.4 is 5.32 Å². The first kappa shape index (κ1) is 70.3. The molecule has 2 atom stereocenters. The summed E-state index contributed by atoms with van der Waals surface area (Å²) in [7, 11) is 0. The zero-order chi connectivity index (χ0) is 52.2. The van der Waals surface area contributed by atoms with Crippen molar-refractivity contribution < 1.29 is 24.5 Å². The molecule has 6 heteroatoms. The molecule has 0 radical (unpaired) electrons. The lowest BCUT2D eigenvalue weighted by Crippen LogP contribution is -2.45. The maximum absolute atomic E-state index is 12.5. The van der Waals surface area contributed by atoms with E-state index in [2.05, 4.69) is 43.5 Å². The number of nitrogens with one attached hydrogen (secondary N) is 1. The predicted molar refractivity (Wildman–Crippen MR) is 315 cm³/mol. The largest absolute Gasteiger partial charge is 0.466 e. The molecule has 6 nitrogen and oxygen atoms in total. The van der Waals surface area contributed by atoms with Gasteiger partial charge in [0.05, 0.1) is 25.4 Å². The van der Waals surface area contributed by atoms with Crippen molar-refractivity contribution in [3.63, 3.8) is 0 Å². The Morgan fingerprint density at radius 3 is 1.06 bits per heavy atom. The van der Waals surface area contributed by atoms with Gasteiger partial charge in [-0.3, -0.25) is 9.59 Å². The standard InChI is InChI=1S/C66H127NO5/c1-3-5-7-9-11-13-15-17-18-19-25-28-31-35-38-42-46-50-54-58-64(69)63(62-68)67-65(70)59-55-51-47-43-39-36-32-29-26-23-21-20-22-24-27-30-33-37-41-45-49-53-57-61-72-66(71)60-56-52-48-44-40-34-16-14-12-10-8-6-4-2/h20,22-23,26,63-64,68-69H,3-19,21,24-25,27-62H2,1-2H3,(H,67,70)/b22-20-,26-23-. The monoisotopic (exact) mass is 1010 g/mol. The summed E-state index contributed by atoms with van der Waals surface area (Å²) in [4.78, 5) is 24.5. The van der Waals surface area contributed by atoms with Gasteiger partial charge in [-0.25, -0.2) is 0 Å². The predicted octanol–water partition coefficient (Wildman–Crippen LogP) is 20.6. The number of hydrogen-bond donors (Lipinski definition) is 3. The molecular formula is C66H127NO5. The van der Waals surface area contributed by atoms with Gasteiger partial charge in [-0.15, -0.1) is 0 Å². The maximum atomic E-state index is 12.5. The van der Waals surface area contributed by atoms with Crippen LogP contribution in [-0.2, 0) is 14.3 Å². The molecule has 1 amide bonds. The fourth-order valence-electron chi connectivity index (χ4n) is 10.3. The highest BCUT2D eigenvalue weighted by atomic mass is 16.5. The first-order valence-corrected chi connectivity index (χ1v) is 32.6. The Labute approximate surface area is 450 Å². The Morgan fingerprint density at radius 2 is 0.694 bits per heavy atom. The molecular weight excluding hydrogens is 887 g/mol. The lowest BCUT2D eigenvalue weighted by Gasteiger charge is -2.22. The average Bonchev–Trinajstić information content (AvgIpc) is 3.38. The fourth-order valence-corrected chi connectivity index (χ4v) is 10.3. The van der Waals surface area contributed by atoms with Crippen LogP contribution >= 0.6 is 0 Å². The topological polar surface area (TPSA) is 95.9 Å². The molecule has 0 spiro atoms. The first-order valence-electron chi connectivity index (χ1n) is 32.6. The number of allylic oxidation sites excluding steroid dienone is 4. The van der Waals surface area contributed by atoms with Crippen molar-refractivity contribution in [2.24, 2.45) is 0 Å². The van der Waals surface area contributed by atoms with Crippen LogP contribution in [0.4, 0.5) is 0 Å². The zero-order valence-corrected chi connectivity index (χ0v) is 48.7. The first-order chi connectivity index (χ1) is 35.5. The van der Waals surface area contributed by atoms with E-state index in [0.717, 1.165) is 44.9 Å². The Kier molecular flexibility index (Phi) is 60.5. The number of hydrogen-bond acceptors (Lipinski definition) is 5. The third-order valence-corrected chi connectivity index (χ3v) is 15.3. The highest BCUT2D eigenvalue weighted by Gasteiger charge is 2.20. The Hall–Kier alpha value is -1.66. The lowest BCUT2D eigenvalue weighted by molar-refractivity contribution is -0.143. The number of aliphatic hydroxyl groups is 2. The molecule has 426 valence electrons. The third-order valence-electron chi connectivity index (χ3n) is 15.3. The molecule has 2 unspecified atom stereocenters. The Morgan fingerprint density at radius 1 is 0.389 bits per heavy atom. The molecule has 0 aliphatic carbocycles. The van der Waals surface area contributed by atoms with Crippen molar-refractivity contribution in [3.05, 3.63) is 24.3 Å². The van der Waals surface area contributed by atoms with Crippen molar-refractivity contribution in [1.82, 2.24) is 5.32 Å². The van der Waals surface area contributed by atoms with E-state index < -0.39 is 12.1 Å². The van der Waals surface area contributed by atoms with Gasteiger partial charge < -0.3 is 20.3 Å². The van der Waals surface area contributed by atoms with Crippen molar-refractivity contribution in [3.8, 4) is 0 Å². The fraction of sp³-hybridized carbons (Fsp3) is 0.909. The smallest absolute Gasteiger partial charge is 0.305 e. The minimum absolute atomic E-state index is 0.00918. The van der Waals surface area contributed by atoms with E-state index in [9.17, 15) is 19.8 Å². The van der Waals surface area contributed by atoms with Crippen molar-refractivity contribution in [2.45, 2.75) is 373 Å². The molecule has 0 rings (SSSR count). The number of carbonyl (C=O) groups excluding carboxylic acids is 2. The van der Waals surface area contributed by atoms with Gasteiger partial charge >= 0.3 is 5.97 Å². The van der Waals surface area contributed by atoms with E-state index in [0.29, 0.717) is 25.9 Å². The van der Waals surface area contributed by atoms with Gasteiger partial charge in [0.25, 0.3) is 0 Å². The summed E-state index contributed by atoms with van der Waals surface area (Å²) >= 11 is 0. The van der Waals surface area contributed by atoms with Crippen LogP contribution in [-0.4, -0.2) is 47.4 Å². The van der Waals surface area contributed by atoms with Crippen LogP contribution in [0, 0.1) is 0 Å². The van der Waals surface area contributed by atoms with Crippen molar-refractivity contribution in [2.75, 3.05) is 13.2 Å². The van der Waals surface area contributed by atoms with Crippen LogP contribution in [0.2, 0.25) is 0 Å². The van der Waals surface area contributed by atoms with Gasteiger partial charge in [-0.1, -0.05) is 314 Å². The van der Waals surface area contributed by atoms with Crippen LogP contribution in [0.25, 0.3) is 0 Å². The summed E-state index contributed by atoms with van der Waals surface area (Å²) in [6.45, 7) is 4.97. The van der Waals surface area contributed by atoms with E-state index in [-0.39, 0.29) is 18.5 Å². The summed E-state index contributed by atoms with van der Waals surface area (Å²) in [5.41, 5.74) is 0. The van der Waals surface area contributed by atoms with Crippen molar-refractivity contribution >= 4 is 11.9 Å². The summed E-state index contributed by atoms with van der Waals surface area (Å²) in [5.74, 6) is -0.0329. The number of unbranched alkanes of at least 4 members (excludes halogenated alkanes) is 46. The van der Waals surface area contributed by atoms with Crippen LogP contribution in [0.5, 0.6) is 0 Å². The number of amides is 1. The molecule has 0 aliphatic heterocycles. The molecule has 0 aromatic carbocycles. The van der Waals surface area contributed by atoms with Crippen LogP contribution in [0.3, 0.4) is 0 Å². The molecule has 0 fully saturated rings. The minimum atomic E-state index is -0.671. The van der Waals surface area contributed by atoms with Gasteiger partial charge in [-0.05, 0) is 57.8 Å². The van der Waals surface area contributed by atoms with E-state index in [4.69, 9.17) is 4.74 Å². The summed E-state index contributed by atoms with van der Waals surface area (Å²) in [6, 6.07) is -0.549. The van der Waals surface area contributed by atoms with Gasteiger partial charge in [0, 0.05) is 12.8 Å². The molecule has 0 saturated heterocycles. The van der Waals surface area contributed by atoms with E-state index in [1.807, 2.05) is 0 Å². The molecule has 0 saturated carbocycles. The van der Waals surface area contributed by atoms with Gasteiger partial charge in [0.15, 0.2) is 0 Å². The molecule has 0 heterocycles. The van der Waals surface area contributed by atoms with Crippen LogP contribution in [0.15, 0.2) is 24.3 Å². The molecule has 0 aromatic rings. The van der Waals surface area contributed by atoms with E-state index in [1.165, 1.54) is 283 Å². The normalized spacial score (nSPS) is 12.7. The number of aliphatic hydroxyl groups excluding tert-OH is 2. The summed E-state index contributed by atoms with van der Waals surface area (Å²) in [6.07, 6.45) is 76.2. The second-order valence-electron chi connectivity index (χ2n) is 22.5. The van der Waals surface area contributed by atoms with Crippen LogP contribution in [0.1, 0.15) is 361 Å². The van der Waals surface area contributed by atoms with Gasteiger partial charge in [-0.2, -0.15) is 0 Å². The molecule has 3 N–H and O–H groups in total. The number of carbonyl (C=O) groups is 2. The maximum Gasteiger partial charge on any atom is 0.305 e. The highest BCUT2D eigenvalue weighted by Crippen LogP contribution is 2.18. The number of rotatable bonds is 61. The quantitative estimate of drug-likeness (QED) is 0.0320. The highest BCUT2D eigenvalue weighted by molar-refractivity contribution is 5.76. The minimum Gasteiger partial charge on any atom is -0.466 e. The molecule has 0 aromatic heterocycles. The Balaban J connectivity index is 3.44. The second kappa shape index (κ2) is 61.9. The van der Waals surface area contributed by atoms with E-state index in [1.54, 1.807) is 0 Å². The lowest BCUT2D eigenvalue weighted by atomic mass is 10.0. The van der Waals surface area contributed by atoms with Gasteiger partial charge in [0.2, 0.25) is 5.91 Å². The number of ether oxygens (including phenoxy) is 1. The summed E-state index contributed by atoms with van der Waals surface area (Å²) in [5, 5.41) is 23.4. The molecule has 0 aliphatic rings. The number of esters is 1. The molecule has 0 bridgehead atoms. The summed E-state index contributed by atoms with van der Waals surface area (Å²) < 4.78 is 5.48. The van der Waals surface area contributed by atoms with E-state index >= 15 is 0 Å². The zero-order valence-electron chi connectivity index (χ0n) is 48.7. The van der Waals surface area contributed by atoms with Gasteiger partial charge in [0.1, 0.15) is 0 Å². The Bertz CT molecular complexity index is 1120. The average molecular weight is 1010 g/mol. The molecule has 72 heavy (non-hydrogen) atoms.